The quantitative estimate of drug-likeness (QED) is 0.223. The van der Waals surface area contributed by atoms with E-state index in [0.717, 1.165) is 33.0 Å². The van der Waals surface area contributed by atoms with Crippen molar-refractivity contribution in [3.63, 3.8) is 0 Å². The number of aryl methyl sites for hydroxylation is 2. The fourth-order valence-electron chi connectivity index (χ4n) is 4.90. The van der Waals surface area contributed by atoms with Gasteiger partial charge in [-0.15, -0.1) is 0 Å². The molecule has 0 aliphatic carbocycles. The number of benzene rings is 4. The smallest absolute Gasteiger partial charge is 0.164 e. The molecule has 0 amide bonds. The third kappa shape index (κ3) is 6.45. The van der Waals surface area contributed by atoms with E-state index >= 15 is 0 Å². The lowest BCUT2D eigenvalue weighted by Gasteiger charge is -2.18. The van der Waals surface area contributed by atoms with Crippen LogP contribution < -0.4 is 9.47 Å². The number of aliphatic hydroxyl groups excluding tert-OH is 1. The van der Waals surface area contributed by atoms with Gasteiger partial charge in [0.1, 0.15) is 5.78 Å². The van der Waals surface area contributed by atoms with Gasteiger partial charge in [-0.3, -0.25) is 4.79 Å². The van der Waals surface area contributed by atoms with E-state index in [-0.39, 0.29) is 23.7 Å². The molecule has 0 aromatic heterocycles. The number of carbonyl (C=O) groups is 1. The van der Waals surface area contributed by atoms with Crippen molar-refractivity contribution in [2.75, 3.05) is 14.2 Å². The van der Waals surface area contributed by atoms with Crippen molar-refractivity contribution < 1.29 is 29.6 Å². The topological polar surface area (TPSA) is 96.2 Å². The van der Waals surface area contributed by atoms with E-state index in [1.165, 1.54) is 7.11 Å². The predicted octanol–water partition coefficient (Wildman–Crippen LogP) is 5.74. The maximum absolute atomic E-state index is 12.5. The minimum Gasteiger partial charge on any atom is -0.504 e. The molecule has 0 spiro atoms. The molecule has 6 heteroatoms. The van der Waals surface area contributed by atoms with E-state index < -0.39 is 6.10 Å². The summed E-state index contributed by atoms with van der Waals surface area (Å²) >= 11 is 0. The Hall–Kier alpha value is -4.03. The van der Waals surface area contributed by atoms with Gasteiger partial charge in [-0.25, -0.2) is 0 Å². The lowest BCUT2D eigenvalue weighted by molar-refractivity contribution is -0.121. The van der Waals surface area contributed by atoms with Crippen LogP contribution in [-0.2, 0) is 24.1 Å². The molecule has 4 aromatic carbocycles. The average Bonchev–Trinajstić information content (AvgIpc) is 2.92. The summed E-state index contributed by atoms with van der Waals surface area (Å²) in [4.78, 5) is 12.5. The van der Waals surface area contributed by atoms with Crippen molar-refractivity contribution in [3.8, 4) is 23.0 Å². The number of ether oxygens (including phenoxy) is 2. The number of aliphatic hydroxyl groups is 1. The van der Waals surface area contributed by atoms with Crippen molar-refractivity contribution in [1.82, 2.24) is 0 Å². The van der Waals surface area contributed by atoms with Crippen LogP contribution in [0.5, 0.6) is 23.0 Å². The van der Waals surface area contributed by atoms with E-state index in [9.17, 15) is 20.1 Å². The second-order valence-corrected chi connectivity index (χ2v) is 9.51. The number of methoxy groups -OCH3 is 2. The van der Waals surface area contributed by atoms with Gasteiger partial charge in [0.15, 0.2) is 23.0 Å². The maximum atomic E-state index is 12.5. The van der Waals surface area contributed by atoms with E-state index in [1.54, 1.807) is 31.4 Å². The first-order valence-corrected chi connectivity index (χ1v) is 12.8. The standard InChI is InChI=1S/C32H34O6/c1-37-31-18-21(11-16-29(31)35)10-14-25(33)20-26(34)15-12-23-13-17-30(36)32(38-2)28(23)19-24-8-5-7-22-6-3-4-9-27(22)24/h3-9,11,13,16-18,26,34-36H,10,12,14-15,19-20H2,1-2H3. The maximum Gasteiger partial charge on any atom is 0.164 e. The van der Waals surface area contributed by atoms with Gasteiger partial charge in [-0.05, 0) is 64.9 Å². The SMILES string of the molecule is COc1cc(CCC(=O)CC(O)CCc2ccc(O)c(OC)c2Cc2cccc3ccccc23)ccc1O. The molecule has 3 N–H and O–H groups in total. The zero-order chi connectivity index (χ0) is 27.1. The molecule has 198 valence electrons. The highest BCUT2D eigenvalue weighted by Crippen LogP contribution is 2.36. The monoisotopic (exact) mass is 514 g/mol. The van der Waals surface area contributed by atoms with E-state index in [4.69, 9.17) is 9.47 Å². The average molecular weight is 515 g/mol. The van der Waals surface area contributed by atoms with Crippen molar-refractivity contribution in [2.45, 2.75) is 44.6 Å². The van der Waals surface area contributed by atoms with Crippen LogP contribution in [0.1, 0.15) is 41.5 Å². The Morgan fingerprint density at radius 3 is 2.39 bits per heavy atom. The molecule has 6 nitrogen and oxygen atoms in total. The van der Waals surface area contributed by atoms with Gasteiger partial charge in [0, 0.05) is 24.8 Å². The largest absolute Gasteiger partial charge is 0.504 e. The molecule has 0 aliphatic heterocycles. The summed E-state index contributed by atoms with van der Waals surface area (Å²) in [5.41, 5.74) is 3.85. The Labute approximate surface area is 223 Å². The first kappa shape index (κ1) is 27.0. The molecule has 0 fully saturated rings. The summed E-state index contributed by atoms with van der Waals surface area (Å²) in [6.45, 7) is 0. The van der Waals surface area contributed by atoms with Gasteiger partial charge < -0.3 is 24.8 Å². The van der Waals surface area contributed by atoms with Crippen LogP contribution >= 0.6 is 0 Å². The van der Waals surface area contributed by atoms with Gasteiger partial charge in [-0.2, -0.15) is 0 Å². The number of fused-ring (bicyclic) bond motifs is 1. The minimum absolute atomic E-state index is 0.0243. The fraction of sp³-hybridized carbons (Fsp3) is 0.281. The molecule has 1 atom stereocenters. The number of phenols is 2. The Morgan fingerprint density at radius 1 is 0.842 bits per heavy atom. The summed E-state index contributed by atoms with van der Waals surface area (Å²) in [7, 11) is 3.03. The van der Waals surface area contributed by atoms with Gasteiger partial charge >= 0.3 is 0 Å². The second kappa shape index (κ2) is 12.5. The molecule has 0 saturated heterocycles. The van der Waals surface area contributed by atoms with Crippen LogP contribution in [0, 0.1) is 0 Å². The van der Waals surface area contributed by atoms with Crippen LogP contribution in [0.2, 0.25) is 0 Å². The van der Waals surface area contributed by atoms with Crippen LogP contribution in [0.4, 0.5) is 0 Å². The molecule has 0 saturated carbocycles. The van der Waals surface area contributed by atoms with Crippen molar-refractivity contribution in [3.05, 3.63) is 95.1 Å². The molecule has 1 unspecified atom stereocenters. The number of hydrogen-bond acceptors (Lipinski definition) is 6. The number of rotatable bonds is 12. The van der Waals surface area contributed by atoms with Crippen LogP contribution in [0.15, 0.2) is 72.8 Å². The molecule has 0 aliphatic rings. The summed E-state index contributed by atoms with van der Waals surface area (Å²) < 4.78 is 10.7. The zero-order valence-electron chi connectivity index (χ0n) is 21.8. The summed E-state index contributed by atoms with van der Waals surface area (Å²) in [6.07, 6.45) is 1.62. The molecular formula is C32H34O6. The second-order valence-electron chi connectivity index (χ2n) is 9.51. The number of ketones is 1. The number of hydrogen-bond donors (Lipinski definition) is 3. The third-order valence-corrected chi connectivity index (χ3v) is 6.93. The van der Waals surface area contributed by atoms with Gasteiger partial charge in [0.25, 0.3) is 0 Å². The number of carbonyl (C=O) groups excluding carboxylic acids is 1. The molecular weight excluding hydrogens is 480 g/mol. The first-order chi connectivity index (χ1) is 18.4. The van der Waals surface area contributed by atoms with Crippen molar-refractivity contribution in [1.29, 1.82) is 0 Å². The normalized spacial score (nSPS) is 11.9. The highest BCUT2D eigenvalue weighted by molar-refractivity contribution is 5.86. The van der Waals surface area contributed by atoms with Crippen LogP contribution in [0.3, 0.4) is 0 Å². The van der Waals surface area contributed by atoms with Crippen LogP contribution in [-0.4, -0.2) is 41.4 Å². The Bertz CT molecular complexity index is 1410. The Balaban J connectivity index is 1.42. The molecule has 4 aromatic rings. The van der Waals surface area contributed by atoms with E-state index in [0.29, 0.717) is 43.6 Å². The molecule has 38 heavy (non-hydrogen) atoms. The summed E-state index contributed by atoms with van der Waals surface area (Å²) in [5.74, 6) is 0.921. The lowest BCUT2D eigenvalue weighted by atomic mass is 9.91. The number of Topliss-reactive ketones (excluding diaryl/α,β-unsaturated/α-hetero) is 1. The molecule has 0 bridgehead atoms. The third-order valence-electron chi connectivity index (χ3n) is 6.93. The predicted molar refractivity (Wildman–Crippen MR) is 148 cm³/mol. The van der Waals surface area contributed by atoms with E-state index in [1.807, 2.05) is 24.3 Å². The number of aromatic hydroxyl groups is 2. The molecule has 0 heterocycles. The lowest BCUT2D eigenvalue weighted by Crippen LogP contribution is -2.15. The Kier molecular flexibility index (Phi) is 8.87. The zero-order valence-corrected chi connectivity index (χ0v) is 21.8. The minimum atomic E-state index is -0.776. The van der Waals surface area contributed by atoms with Gasteiger partial charge in [-0.1, -0.05) is 54.6 Å². The molecule has 4 rings (SSSR count). The van der Waals surface area contributed by atoms with Gasteiger partial charge in [0.2, 0.25) is 0 Å². The number of phenolic OH excluding ortho intramolecular Hbond substituents is 2. The molecule has 0 radical (unpaired) electrons. The van der Waals surface area contributed by atoms with E-state index in [2.05, 4.69) is 24.3 Å². The Morgan fingerprint density at radius 2 is 1.61 bits per heavy atom. The summed E-state index contributed by atoms with van der Waals surface area (Å²) in [6, 6.07) is 22.9. The fourth-order valence-corrected chi connectivity index (χ4v) is 4.90. The highest BCUT2D eigenvalue weighted by Gasteiger charge is 2.18. The van der Waals surface area contributed by atoms with Crippen molar-refractivity contribution >= 4 is 16.6 Å². The van der Waals surface area contributed by atoms with Crippen molar-refractivity contribution in [2.24, 2.45) is 0 Å². The van der Waals surface area contributed by atoms with Gasteiger partial charge in [0.05, 0.1) is 20.3 Å². The van der Waals surface area contributed by atoms with Crippen LogP contribution in [0.25, 0.3) is 10.8 Å². The highest BCUT2D eigenvalue weighted by atomic mass is 16.5. The first-order valence-electron chi connectivity index (χ1n) is 12.8. The summed E-state index contributed by atoms with van der Waals surface area (Å²) in [5, 5.41) is 33.1.